The summed E-state index contributed by atoms with van der Waals surface area (Å²) in [6.07, 6.45) is 0. The van der Waals surface area contributed by atoms with Gasteiger partial charge in [0, 0.05) is 0 Å². The molecule has 10 heavy (non-hydrogen) atoms. The van der Waals surface area contributed by atoms with Gasteiger partial charge in [-0.3, -0.25) is 10.8 Å². The van der Waals surface area contributed by atoms with Crippen molar-refractivity contribution in [1.82, 2.24) is 10.9 Å². The monoisotopic (exact) mass is 147 g/mol. The van der Waals surface area contributed by atoms with E-state index >= 15 is 0 Å². The van der Waals surface area contributed by atoms with Crippen LogP contribution in [0.15, 0.2) is 0 Å². The second-order valence-corrected chi connectivity index (χ2v) is 0.897. The van der Waals surface area contributed by atoms with Crippen LogP contribution in [0, 0.1) is 0 Å². The van der Waals surface area contributed by atoms with Crippen molar-refractivity contribution in [2.75, 3.05) is 0 Å². The lowest BCUT2D eigenvalue weighted by molar-refractivity contribution is -0.474. The van der Waals surface area contributed by atoms with Gasteiger partial charge >= 0.3 is 5.96 Å². The van der Waals surface area contributed by atoms with Gasteiger partial charge < -0.3 is 11.1 Å². The van der Waals surface area contributed by atoms with Gasteiger partial charge in [0.25, 0.3) is 0 Å². The van der Waals surface area contributed by atoms with Gasteiger partial charge in [0.2, 0.25) is 0 Å². The van der Waals surface area contributed by atoms with Crippen LogP contribution in [-0.4, -0.2) is 5.96 Å². The van der Waals surface area contributed by atoms with Crippen LogP contribution in [-0.2, 0) is 0 Å². The highest BCUT2D eigenvalue weighted by molar-refractivity contribution is 5.72. The summed E-state index contributed by atoms with van der Waals surface area (Å²) in [6.45, 7) is 0. The number of hydrazine groups is 3. The minimum Gasteiger partial charge on any atom is -0.373 e. The van der Waals surface area contributed by atoms with Crippen molar-refractivity contribution in [3.63, 3.8) is 0 Å². The fourth-order valence-electron chi connectivity index (χ4n) is 0.125. The van der Waals surface area contributed by atoms with Crippen LogP contribution in [0.2, 0.25) is 0 Å². The first-order valence-corrected chi connectivity index (χ1v) is 2.02. The molecule has 0 aromatic heterocycles. The molecule has 0 saturated heterocycles. The topological polar surface area (TPSA) is 175 Å². The minimum absolute atomic E-state index is 0.264. The zero-order chi connectivity index (χ0) is 8.41. The van der Waals surface area contributed by atoms with Crippen LogP contribution in [0.1, 0.15) is 0 Å². The summed E-state index contributed by atoms with van der Waals surface area (Å²) in [4.78, 5) is 1.50. The van der Waals surface area contributed by atoms with E-state index in [1.807, 2.05) is 0 Å². The van der Waals surface area contributed by atoms with E-state index in [1.165, 1.54) is 4.91 Å². The van der Waals surface area contributed by atoms with E-state index in [-0.39, 0.29) is 5.96 Å². The largest absolute Gasteiger partial charge is 0.398 e. The highest BCUT2D eigenvalue weighted by Gasteiger charge is 1.92. The highest BCUT2D eigenvalue weighted by Crippen LogP contribution is 1.29. The Morgan fingerprint density at radius 2 is 1.60 bits per heavy atom. The highest BCUT2D eigenvalue weighted by atomic mass is 15.4. The molecule has 0 aliphatic rings. The maximum Gasteiger partial charge on any atom is 0.398 e. The van der Waals surface area contributed by atoms with Crippen molar-refractivity contribution < 1.29 is 5.10 Å². The maximum absolute atomic E-state index is 6.75. The fourth-order valence-corrected chi connectivity index (χ4v) is 0.125. The van der Waals surface area contributed by atoms with Gasteiger partial charge in [-0.2, -0.15) is 16.8 Å². The number of rotatable bonds is 0. The van der Waals surface area contributed by atoms with Gasteiger partial charge in [-0.05, 0) is 0 Å². The second kappa shape index (κ2) is 10.3. The van der Waals surface area contributed by atoms with Gasteiger partial charge in [-0.15, -0.1) is 0 Å². The Labute approximate surface area is 56.6 Å². The summed E-state index contributed by atoms with van der Waals surface area (Å²) >= 11 is 0. The summed E-state index contributed by atoms with van der Waals surface area (Å²) in [7, 11) is 0. The summed E-state index contributed by atoms with van der Waals surface area (Å²) in [5.41, 5.74) is 17.8. The molecular weight excluding hydrogens is 138 g/mol. The molecule has 9 N–H and O–H groups in total. The summed E-state index contributed by atoms with van der Waals surface area (Å²) in [5.74, 6) is 14.7. The van der Waals surface area contributed by atoms with Gasteiger partial charge in [-0.1, -0.05) is 0 Å². The average Bonchev–Trinajstić information content (AvgIpc) is 1.93. The van der Waals surface area contributed by atoms with Crippen molar-refractivity contribution in [2.45, 2.75) is 0 Å². The molecule has 0 fully saturated rings. The minimum atomic E-state index is 0.264. The molecule has 0 unspecified atom stereocenters. The molecule has 0 aliphatic carbocycles. The number of hydrazone groups is 1. The number of nitrogens with zero attached hydrogens (tertiary/aromatic N) is 3. The fraction of sp³-hybridized carbons (Fsp3) is 0. The number of hydrogen-bond acceptors (Lipinski definition) is 3. The molecule has 0 amide bonds. The molecule has 9 heteroatoms. The molecule has 0 saturated carbocycles. The van der Waals surface area contributed by atoms with Crippen molar-refractivity contribution >= 4 is 5.96 Å². The third kappa shape index (κ3) is 9.57. The molecule has 0 aromatic rings. The molecule has 0 aromatic carbocycles. The molecule has 0 spiro atoms. The lowest BCUT2D eigenvalue weighted by Crippen LogP contribution is -2.86. The molecule has 0 radical (unpaired) electrons. The predicted molar refractivity (Wildman–Crippen MR) is 34.9 cm³/mol. The van der Waals surface area contributed by atoms with E-state index in [0.717, 1.165) is 0 Å². The molecule has 0 rings (SSSR count). The van der Waals surface area contributed by atoms with E-state index in [9.17, 15) is 0 Å². The molecule has 58 valence electrons. The van der Waals surface area contributed by atoms with Crippen molar-refractivity contribution in [3.8, 4) is 0 Å². The molecule has 9 nitrogen and oxygen atoms in total. The number of nitrogens with one attached hydrogen (secondary N) is 3. The summed E-state index contributed by atoms with van der Waals surface area (Å²) in [6, 6.07) is 0. The molecule has 0 bridgehead atoms. The van der Waals surface area contributed by atoms with Crippen LogP contribution < -0.4 is 33.5 Å². The first-order valence-electron chi connectivity index (χ1n) is 2.02. The van der Waals surface area contributed by atoms with E-state index in [4.69, 9.17) is 28.6 Å². The quantitative estimate of drug-likeness (QED) is 0.0389. The van der Waals surface area contributed by atoms with Gasteiger partial charge in [0.15, 0.2) is 0 Å². The smallest absolute Gasteiger partial charge is 0.373 e. The first kappa shape index (κ1) is 11.1. The number of guanidine groups is 1. The predicted octanol–water partition coefficient (Wildman–Crippen LogP) is -3.91. The third-order valence-electron chi connectivity index (χ3n) is 0.433. The normalized spacial score (nSPS) is 5.80. The van der Waals surface area contributed by atoms with Crippen LogP contribution in [0.5, 0.6) is 0 Å². The average molecular weight is 147 g/mol. The van der Waals surface area contributed by atoms with Gasteiger partial charge in [-0.25, -0.2) is 10.9 Å². The standard InChI is InChI=1S/CH8N6.N3/c2-5-1(6-3)7-4;1-3-2/h2-4H2,(H2,5,6,7);/q;-1/p+1. The Hall–Kier alpha value is -1.70. The van der Waals surface area contributed by atoms with Crippen LogP contribution >= 0.6 is 0 Å². The Morgan fingerprint density at radius 3 is 1.60 bits per heavy atom. The first-order chi connectivity index (χ1) is 4.76. The Kier molecular flexibility index (Phi) is 11.5. The van der Waals surface area contributed by atoms with Gasteiger partial charge in [0.1, 0.15) is 0 Å². The molecular formula is CH9N9. The zero-order valence-corrected chi connectivity index (χ0v) is 5.07. The summed E-state index contributed by atoms with van der Waals surface area (Å²) < 4.78 is 0. The van der Waals surface area contributed by atoms with E-state index in [0.29, 0.717) is 0 Å². The van der Waals surface area contributed by atoms with Crippen molar-refractivity contribution in [2.24, 2.45) is 17.5 Å². The van der Waals surface area contributed by atoms with E-state index < -0.39 is 0 Å². The number of nitrogens with two attached hydrogens (primary N) is 3. The lowest BCUT2D eigenvalue weighted by atomic mass is 11.1. The number of hydrogen-bond donors (Lipinski definition) is 6. The maximum atomic E-state index is 6.75. The van der Waals surface area contributed by atoms with Crippen LogP contribution in [0.3, 0.4) is 0 Å². The van der Waals surface area contributed by atoms with Gasteiger partial charge in [0.05, 0.1) is 0 Å². The Morgan fingerprint density at radius 1 is 1.30 bits per heavy atom. The van der Waals surface area contributed by atoms with E-state index in [1.54, 1.807) is 0 Å². The lowest BCUT2D eigenvalue weighted by Gasteiger charge is -1.89. The third-order valence-corrected chi connectivity index (χ3v) is 0.433. The van der Waals surface area contributed by atoms with E-state index in [2.05, 4.69) is 16.0 Å². The molecule has 0 aliphatic heterocycles. The van der Waals surface area contributed by atoms with Crippen LogP contribution in [0.25, 0.3) is 16.0 Å². The Bertz CT molecular complexity index is 111. The SMILES string of the molecule is NNC(NN)=[NH+]N.[N-]=[N+]=[N-]. The van der Waals surface area contributed by atoms with Crippen LogP contribution in [0.4, 0.5) is 0 Å². The molecule has 0 atom stereocenters. The summed E-state index contributed by atoms with van der Waals surface area (Å²) in [5, 5.41) is 2.15. The Balaban J connectivity index is 0. The molecule has 0 heterocycles. The van der Waals surface area contributed by atoms with Crippen molar-refractivity contribution in [3.05, 3.63) is 16.0 Å². The van der Waals surface area contributed by atoms with Crippen molar-refractivity contribution in [1.29, 1.82) is 0 Å². The zero-order valence-electron chi connectivity index (χ0n) is 5.07. The second-order valence-electron chi connectivity index (χ2n) is 0.897.